The molecule has 1 aliphatic rings. The lowest BCUT2D eigenvalue weighted by Crippen LogP contribution is -2.35. The molecule has 1 amide bonds. The molecular weight excluding hydrogens is 512 g/mol. The SMILES string of the molecule is CN(C)CCN1C(=O)c2oc3c(ccc4ccccc43)c(=O)c2C1c1cccc(OCc2ccccc2Cl)c1. The van der Waals surface area contributed by atoms with Crippen LogP contribution in [-0.2, 0) is 6.61 Å². The molecule has 0 fully saturated rings. The zero-order valence-corrected chi connectivity index (χ0v) is 22.4. The normalized spacial score (nSPS) is 14.9. The lowest BCUT2D eigenvalue weighted by atomic mass is 9.97. The van der Waals surface area contributed by atoms with Gasteiger partial charge in [0.25, 0.3) is 5.91 Å². The van der Waals surface area contributed by atoms with Crippen molar-refractivity contribution in [3.8, 4) is 5.75 Å². The molecule has 0 N–H and O–H groups in total. The Kier molecular flexibility index (Phi) is 6.59. The van der Waals surface area contributed by atoms with Crippen molar-refractivity contribution in [3.63, 3.8) is 0 Å². The summed E-state index contributed by atoms with van der Waals surface area (Å²) in [4.78, 5) is 31.5. The van der Waals surface area contributed by atoms with Gasteiger partial charge in [0.2, 0.25) is 5.76 Å². The van der Waals surface area contributed by atoms with Crippen molar-refractivity contribution in [1.82, 2.24) is 9.80 Å². The van der Waals surface area contributed by atoms with E-state index in [4.69, 9.17) is 20.8 Å². The molecule has 6 nitrogen and oxygen atoms in total. The van der Waals surface area contributed by atoms with E-state index >= 15 is 0 Å². The summed E-state index contributed by atoms with van der Waals surface area (Å²) in [5.74, 6) is 0.443. The molecule has 0 radical (unpaired) electrons. The van der Waals surface area contributed by atoms with E-state index in [1.165, 1.54) is 0 Å². The van der Waals surface area contributed by atoms with Gasteiger partial charge in [-0.05, 0) is 49.3 Å². The summed E-state index contributed by atoms with van der Waals surface area (Å²) in [6.45, 7) is 1.37. The largest absolute Gasteiger partial charge is 0.489 e. The number of halogens is 1. The van der Waals surface area contributed by atoms with E-state index in [1.807, 2.05) is 97.9 Å². The smallest absolute Gasteiger partial charge is 0.290 e. The van der Waals surface area contributed by atoms with E-state index < -0.39 is 6.04 Å². The molecule has 4 aromatic carbocycles. The number of carbonyl (C=O) groups excluding carboxylic acids is 1. The number of rotatable bonds is 7. The van der Waals surface area contributed by atoms with Gasteiger partial charge in [0.05, 0.1) is 17.0 Å². The fourth-order valence-electron chi connectivity index (χ4n) is 5.18. The first kappa shape index (κ1) is 25.2. The van der Waals surface area contributed by atoms with E-state index in [1.54, 1.807) is 11.0 Å². The van der Waals surface area contributed by atoms with Gasteiger partial charge in [-0.2, -0.15) is 0 Å². The van der Waals surface area contributed by atoms with Crippen LogP contribution in [0.15, 0.2) is 94.1 Å². The van der Waals surface area contributed by atoms with Crippen LogP contribution in [0.4, 0.5) is 0 Å². The monoisotopic (exact) mass is 538 g/mol. The second kappa shape index (κ2) is 10.2. The zero-order valence-electron chi connectivity index (χ0n) is 21.7. The predicted octanol–water partition coefficient (Wildman–Crippen LogP) is 6.29. The van der Waals surface area contributed by atoms with Crippen molar-refractivity contribution in [2.45, 2.75) is 12.6 Å². The molecule has 0 aliphatic carbocycles. The fraction of sp³-hybridized carbons (Fsp3) is 0.188. The summed E-state index contributed by atoms with van der Waals surface area (Å²) >= 11 is 6.31. The standard InChI is InChI=1S/C32H27ClN2O4/c1-34(2)16-17-35-28(21-10-7-11-23(18-21)38-19-22-9-4-6-13-26(22)33)27-29(36)25-15-14-20-8-3-5-12-24(20)30(25)39-31(27)32(35)37/h3-15,18,28H,16-17,19H2,1-2H3. The number of fused-ring (bicyclic) bond motifs is 4. The number of ether oxygens (including phenoxy) is 1. The Morgan fingerprint density at radius 2 is 1.72 bits per heavy atom. The van der Waals surface area contributed by atoms with Crippen molar-refractivity contribution >= 4 is 39.2 Å². The van der Waals surface area contributed by atoms with Gasteiger partial charge in [-0.1, -0.05) is 72.3 Å². The molecule has 0 spiro atoms. The minimum absolute atomic E-state index is 0.106. The third kappa shape index (κ3) is 4.56. The Bertz CT molecular complexity index is 1780. The van der Waals surface area contributed by atoms with E-state index in [9.17, 15) is 9.59 Å². The molecule has 1 atom stereocenters. The average molecular weight is 539 g/mol. The topological polar surface area (TPSA) is 63.0 Å². The van der Waals surface area contributed by atoms with Gasteiger partial charge in [0.15, 0.2) is 5.43 Å². The minimum atomic E-state index is -0.594. The second-order valence-electron chi connectivity index (χ2n) is 9.99. The number of nitrogens with zero attached hydrogens (tertiary/aromatic N) is 2. The summed E-state index contributed by atoms with van der Waals surface area (Å²) in [6, 6.07) is 25.9. The summed E-state index contributed by atoms with van der Waals surface area (Å²) < 4.78 is 12.4. The van der Waals surface area contributed by atoms with Crippen LogP contribution in [0.1, 0.15) is 33.3 Å². The number of hydrogen-bond acceptors (Lipinski definition) is 5. The predicted molar refractivity (Wildman–Crippen MR) is 154 cm³/mol. The molecular formula is C32H27ClN2O4. The molecule has 196 valence electrons. The maximum atomic E-state index is 14.0. The van der Waals surface area contributed by atoms with Gasteiger partial charge in [-0.25, -0.2) is 0 Å². The first-order valence-electron chi connectivity index (χ1n) is 12.8. The van der Waals surface area contributed by atoms with Crippen LogP contribution in [0.5, 0.6) is 5.75 Å². The van der Waals surface area contributed by atoms with Gasteiger partial charge >= 0.3 is 0 Å². The first-order chi connectivity index (χ1) is 18.9. The second-order valence-corrected chi connectivity index (χ2v) is 10.4. The Morgan fingerprint density at radius 1 is 0.923 bits per heavy atom. The number of likely N-dealkylation sites (N-methyl/N-ethyl adjacent to an activating group) is 1. The number of benzene rings is 4. The molecule has 1 aliphatic heterocycles. The Hall–Kier alpha value is -4.13. The van der Waals surface area contributed by atoms with E-state index in [0.717, 1.165) is 21.9 Å². The van der Waals surface area contributed by atoms with Crippen LogP contribution in [0.2, 0.25) is 5.02 Å². The fourth-order valence-corrected chi connectivity index (χ4v) is 5.37. The molecule has 7 heteroatoms. The Balaban J connectivity index is 1.46. The van der Waals surface area contributed by atoms with Gasteiger partial charge in [0.1, 0.15) is 17.9 Å². The summed E-state index contributed by atoms with van der Waals surface area (Å²) in [7, 11) is 3.91. The van der Waals surface area contributed by atoms with E-state index in [0.29, 0.717) is 47.0 Å². The third-order valence-corrected chi connectivity index (χ3v) is 7.54. The number of carbonyl (C=O) groups is 1. The number of hydrogen-bond donors (Lipinski definition) is 0. The van der Waals surface area contributed by atoms with Crippen LogP contribution in [-0.4, -0.2) is 42.9 Å². The summed E-state index contributed by atoms with van der Waals surface area (Å²) in [5.41, 5.74) is 2.27. The van der Waals surface area contributed by atoms with Crippen LogP contribution >= 0.6 is 11.6 Å². The maximum Gasteiger partial charge on any atom is 0.290 e. The highest BCUT2D eigenvalue weighted by Crippen LogP contribution is 2.40. The lowest BCUT2D eigenvalue weighted by Gasteiger charge is -2.26. The van der Waals surface area contributed by atoms with Gasteiger partial charge in [-0.15, -0.1) is 0 Å². The van der Waals surface area contributed by atoms with Crippen LogP contribution in [0.3, 0.4) is 0 Å². The molecule has 2 heterocycles. The van der Waals surface area contributed by atoms with Crippen molar-refractivity contribution < 1.29 is 13.9 Å². The summed E-state index contributed by atoms with van der Waals surface area (Å²) in [6.07, 6.45) is 0. The van der Waals surface area contributed by atoms with Gasteiger partial charge < -0.3 is 19.0 Å². The maximum absolute atomic E-state index is 14.0. The highest BCUT2D eigenvalue weighted by atomic mass is 35.5. The van der Waals surface area contributed by atoms with Crippen molar-refractivity contribution in [1.29, 1.82) is 0 Å². The van der Waals surface area contributed by atoms with Gasteiger partial charge in [0, 0.05) is 29.1 Å². The molecule has 5 aromatic rings. The lowest BCUT2D eigenvalue weighted by molar-refractivity contribution is 0.0716. The molecule has 0 saturated carbocycles. The number of amides is 1. The van der Waals surface area contributed by atoms with Crippen LogP contribution < -0.4 is 10.2 Å². The van der Waals surface area contributed by atoms with E-state index in [2.05, 4.69) is 0 Å². The highest BCUT2D eigenvalue weighted by Gasteiger charge is 2.42. The van der Waals surface area contributed by atoms with Crippen molar-refractivity contribution in [2.24, 2.45) is 0 Å². The van der Waals surface area contributed by atoms with Crippen molar-refractivity contribution in [3.05, 3.63) is 123 Å². The summed E-state index contributed by atoms with van der Waals surface area (Å²) in [5, 5.41) is 2.85. The van der Waals surface area contributed by atoms with E-state index in [-0.39, 0.29) is 17.1 Å². The van der Waals surface area contributed by atoms with Crippen LogP contribution in [0.25, 0.3) is 21.7 Å². The molecule has 0 bridgehead atoms. The third-order valence-electron chi connectivity index (χ3n) is 7.17. The minimum Gasteiger partial charge on any atom is -0.489 e. The average Bonchev–Trinajstić information content (AvgIpc) is 3.23. The molecule has 0 saturated heterocycles. The molecule has 39 heavy (non-hydrogen) atoms. The molecule has 1 unspecified atom stereocenters. The highest BCUT2D eigenvalue weighted by molar-refractivity contribution is 6.31. The quantitative estimate of drug-likeness (QED) is 0.228. The molecule has 6 rings (SSSR count). The van der Waals surface area contributed by atoms with Gasteiger partial charge in [-0.3, -0.25) is 9.59 Å². The Morgan fingerprint density at radius 3 is 2.54 bits per heavy atom. The first-order valence-corrected chi connectivity index (χ1v) is 13.2. The molecule has 1 aromatic heterocycles. The van der Waals surface area contributed by atoms with Crippen molar-refractivity contribution in [2.75, 3.05) is 27.2 Å². The zero-order chi connectivity index (χ0) is 27.1. The van der Waals surface area contributed by atoms with Crippen LogP contribution in [0, 0.1) is 0 Å². The Labute approximate surface area is 231 Å².